The molecule has 0 aliphatic rings. The molecule has 5 aromatic rings. The van der Waals surface area contributed by atoms with E-state index in [2.05, 4.69) is 30.8 Å². The van der Waals surface area contributed by atoms with Gasteiger partial charge in [0.05, 0.1) is 23.1 Å². The Morgan fingerprint density at radius 3 is 2.49 bits per heavy atom. The number of ketones is 1. The first-order valence-electron chi connectivity index (χ1n) is 11.5. The Balaban J connectivity index is 1.44. The average Bonchev–Trinajstić information content (AvgIpc) is 3.29. The zero-order chi connectivity index (χ0) is 26.2. The summed E-state index contributed by atoms with van der Waals surface area (Å²) in [5.74, 6) is 0.759. The topological polar surface area (TPSA) is 113 Å². The number of halogens is 1. The molecule has 0 fully saturated rings. The first-order valence-corrected chi connectivity index (χ1v) is 14.5. The Bertz CT molecular complexity index is 1680. The van der Waals surface area contributed by atoms with E-state index in [-0.39, 0.29) is 5.78 Å². The van der Waals surface area contributed by atoms with Gasteiger partial charge in [0, 0.05) is 27.5 Å². The first kappa shape index (κ1) is 24.7. The molecule has 0 atom stereocenters. The number of anilines is 4. The smallest absolute Gasteiger partial charge is 0.229 e. The largest absolute Gasteiger partial charge is 0.338 e. The number of aromatic nitrogens is 4. The summed E-state index contributed by atoms with van der Waals surface area (Å²) < 4.78 is 12.7. The van der Waals surface area contributed by atoms with Gasteiger partial charge in [-0.3, -0.25) is 9.89 Å². The van der Waals surface area contributed by atoms with Crippen molar-refractivity contribution in [3.63, 3.8) is 0 Å². The highest BCUT2D eigenvalue weighted by atomic mass is 35.5. The molecule has 0 aliphatic heterocycles. The molecule has 0 aliphatic carbocycles. The van der Waals surface area contributed by atoms with Crippen LogP contribution in [-0.2, 0) is 4.57 Å². The van der Waals surface area contributed by atoms with Crippen molar-refractivity contribution in [3.8, 4) is 11.3 Å². The van der Waals surface area contributed by atoms with Crippen LogP contribution >= 0.6 is 18.7 Å². The van der Waals surface area contributed by atoms with E-state index in [1.807, 2.05) is 54.6 Å². The van der Waals surface area contributed by atoms with E-state index in [0.29, 0.717) is 33.3 Å². The van der Waals surface area contributed by atoms with Crippen LogP contribution < -0.4 is 15.9 Å². The van der Waals surface area contributed by atoms with E-state index < -0.39 is 7.14 Å². The van der Waals surface area contributed by atoms with Crippen LogP contribution in [-0.4, -0.2) is 39.3 Å². The van der Waals surface area contributed by atoms with Crippen LogP contribution in [0.2, 0.25) is 5.02 Å². The second kappa shape index (κ2) is 9.81. The Morgan fingerprint density at radius 2 is 1.76 bits per heavy atom. The third kappa shape index (κ3) is 5.26. The van der Waals surface area contributed by atoms with E-state index >= 15 is 0 Å². The quantitative estimate of drug-likeness (QED) is 0.160. The van der Waals surface area contributed by atoms with Crippen LogP contribution in [0.25, 0.3) is 22.2 Å². The molecule has 0 unspecified atom stereocenters. The van der Waals surface area contributed by atoms with Gasteiger partial charge in [-0.05, 0) is 50.6 Å². The van der Waals surface area contributed by atoms with E-state index in [4.69, 9.17) is 11.6 Å². The molecule has 0 radical (unpaired) electrons. The maximum absolute atomic E-state index is 12.7. The molecule has 186 valence electrons. The Morgan fingerprint density at radius 1 is 1.00 bits per heavy atom. The first-order chi connectivity index (χ1) is 17.7. The van der Waals surface area contributed by atoms with Crippen LogP contribution in [0, 0.1) is 0 Å². The summed E-state index contributed by atoms with van der Waals surface area (Å²) in [6, 6.07) is 20.5. The number of fused-ring (bicyclic) bond motifs is 1. The number of para-hydroxylation sites is 1. The lowest BCUT2D eigenvalue weighted by Gasteiger charge is -2.15. The predicted molar refractivity (Wildman–Crippen MR) is 151 cm³/mol. The lowest BCUT2D eigenvalue weighted by molar-refractivity contribution is 0.101. The summed E-state index contributed by atoms with van der Waals surface area (Å²) in [5.41, 5.74) is 4.63. The summed E-state index contributed by atoms with van der Waals surface area (Å²) in [6.07, 6.45) is 1.51. The molecule has 2 heterocycles. The highest BCUT2D eigenvalue weighted by Gasteiger charge is 2.17. The molecular formula is C27H24ClN6O2P. The fraction of sp³-hybridized carbons (Fsp3) is 0.111. The second-order valence-corrected chi connectivity index (χ2v) is 12.6. The molecule has 0 amide bonds. The van der Waals surface area contributed by atoms with Gasteiger partial charge >= 0.3 is 0 Å². The molecule has 0 saturated heterocycles. The highest BCUT2D eigenvalue weighted by molar-refractivity contribution is 7.70. The monoisotopic (exact) mass is 530 g/mol. The summed E-state index contributed by atoms with van der Waals surface area (Å²) in [4.78, 5) is 20.5. The van der Waals surface area contributed by atoms with Crippen molar-refractivity contribution in [2.24, 2.45) is 0 Å². The van der Waals surface area contributed by atoms with Crippen molar-refractivity contribution in [3.05, 3.63) is 83.5 Å². The van der Waals surface area contributed by atoms with E-state index in [9.17, 15) is 9.36 Å². The van der Waals surface area contributed by atoms with E-state index in [1.165, 1.54) is 6.20 Å². The van der Waals surface area contributed by atoms with Gasteiger partial charge in [-0.2, -0.15) is 10.1 Å². The summed E-state index contributed by atoms with van der Waals surface area (Å²) >= 11 is 6.38. The van der Waals surface area contributed by atoms with Gasteiger partial charge in [0.15, 0.2) is 11.6 Å². The fourth-order valence-corrected chi connectivity index (χ4v) is 5.29. The number of Topliss-reactive ketones (excluding diaryl/α,β-unsaturated/α-hetero) is 1. The SMILES string of the molecule is CC(=O)c1ccc(-c2n[nH]c3ccc(Nc4ncc(Cl)c(Nc5ccccc5P(C)(C)=O)n4)cc23)cc1. The van der Waals surface area contributed by atoms with Crippen LogP contribution in [0.1, 0.15) is 17.3 Å². The minimum absolute atomic E-state index is 0.0173. The molecular weight excluding hydrogens is 507 g/mol. The molecule has 2 aromatic heterocycles. The number of rotatable bonds is 7. The van der Waals surface area contributed by atoms with Crippen LogP contribution in [0.5, 0.6) is 0 Å². The zero-order valence-corrected chi connectivity index (χ0v) is 22.1. The fourth-order valence-electron chi connectivity index (χ4n) is 4.00. The van der Waals surface area contributed by atoms with Crippen molar-refractivity contribution >= 4 is 63.9 Å². The lowest BCUT2D eigenvalue weighted by Crippen LogP contribution is -2.10. The van der Waals surface area contributed by atoms with Gasteiger partial charge in [0.25, 0.3) is 0 Å². The van der Waals surface area contributed by atoms with Gasteiger partial charge in [-0.15, -0.1) is 0 Å². The van der Waals surface area contributed by atoms with Crippen molar-refractivity contribution in [1.82, 2.24) is 20.2 Å². The predicted octanol–water partition coefficient (Wildman–Crippen LogP) is 6.61. The Kier molecular flexibility index (Phi) is 6.54. The minimum atomic E-state index is -2.52. The van der Waals surface area contributed by atoms with Crippen LogP contribution in [0.15, 0.2) is 72.9 Å². The van der Waals surface area contributed by atoms with E-state index in [1.54, 1.807) is 32.4 Å². The molecule has 8 nitrogen and oxygen atoms in total. The molecule has 5 rings (SSSR count). The number of nitrogens with zero attached hydrogens (tertiary/aromatic N) is 3. The number of aromatic amines is 1. The third-order valence-electron chi connectivity index (χ3n) is 5.87. The molecule has 3 N–H and O–H groups in total. The lowest BCUT2D eigenvalue weighted by atomic mass is 10.0. The summed E-state index contributed by atoms with van der Waals surface area (Å²) in [6.45, 7) is 4.99. The van der Waals surface area contributed by atoms with Crippen LogP contribution in [0.4, 0.5) is 23.1 Å². The van der Waals surface area contributed by atoms with Crippen molar-refractivity contribution < 1.29 is 9.36 Å². The molecule has 10 heteroatoms. The van der Waals surface area contributed by atoms with Crippen molar-refractivity contribution in [2.45, 2.75) is 6.92 Å². The molecule has 0 bridgehead atoms. The maximum Gasteiger partial charge on any atom is 0.229 e. The van der Waals surface area contributed by atoms with Gasteiger partial charge in [-0.1, -0.05) is 48.0 Å². The third-order valence-corrected chi connectivity index (χ3v) is 7.69. The van der Waals surface area contributed by atoms with Gasteiger partial charge in [0.2, 0.25) is 5.95 Å². The van der Waals surface area contributed by atoms with Crippen LogP contribution in [0.3, 0.4) is 0 Å². The molecule has 3 aromatic carbocycles. The average molecular weight is 531 g/mol. The summed E-state index contributed by atoms with van der Waals surface area (Å²) in [5, 5.41) is 15.9. The number of benzene rings is 3. The highest BCUT2D eigenvalue weighted by Crippen LogP contribution is 2.38. The molecule has 0 spiro atoms. The second-order valence-electron chi connectivity index (χ2n) is 8.97. The molecule has 37 heavy (non-hydrogen) atoms. The number of H-pyrrole nitrogens is 1. The van der Waals surface area contributed by atoms with Crippen molar-refractivity contribution in [2.75, 3.05) is 24.0 Å². The van der Waals surface area contributed by atoms with Gasteiger partial charge in [0.1, 0.15) is 12.2 Å². The zero-order valence-electron chi connectivity index (χ0n) is 20.4. The Labute approximate surface area is 218 Å². The van der Waals surface area contributed by atoms with Gasteiger partial charge in [-0.25, -0.2) is 4.98 Å². The number of carbonyl (C=O) groups is 1. The standard InChI is InChI=1S/C27H24ClN6O2P/c1-16(35)17-8-10-18(11-9-17)25-20-14-19(12-13-22(20)33-34-25)30-27-29-15-21(28)26(32-27)31-23-6-4-5-7-24(23)37(2,3)36/h4-15H,1-3H3,(H,33,34)(H2,29,30,31,32). The molecule has 0 saturated carbocycles. The summed E-state index contributed by atoms with van der Waals surface area (Å²) in [7, 11) is -2.52. The normalized spacial score (nSPS) is 11.5. The number of hydrogen-bond donors (Lipinski definition) is 3. The van der Waals surface area contributed by atoms with Crippen molar-refractivity contribution in [1.29, 1.82) is 0 Å². The number of nitrogens with one attached hydrogen (secondary N) is 3. The minimum Gasteiger partial charge on any atom is -0.338 e. The number of hydrogen-bond acceptors (Lipinski definition) is 7. The number of carbonyl (C=O) groups excluding carboxylic acids is 1. The van der Waals surface area contributed by atoms with Gasteiger partial charge < -0.3 is 15.2 Å². The van der Waals surface area contributed by atoms with E-state index in [0.717, 1.165) is 27.8 Å². The Hall–Kier alpha value is -4.00. The maximum atomic E-state index is 12.7.